The number of anilines is 3. The average Bonchev–Trinajstić information content (AvgIpc) is 2.62. The second kappa shape index (κ2) is 7.12. The van der Waals surface area contributed by atoms with Gasteiger partial charge in [0.05, 0.1) is 11.9 Å². The minimum atomic E-state index is -1.59. The molecule has 0 aliphatic carbocycles. The van der Waals surface area contributed by atoms with E-state index in [1.807, 2.05) is 0 Å². The summed E-state index contributed by atoms with van der Waals surface area (Å²) in [5, 5.41) is 12.7. The van der Waals surface area contributed by atoms with Crippen LogP contribution in [-0.4, -0.2) is 15.2 Å². The molecule has 0 aliphatic rings. The summed E-state index contributed by atoms with van der Waals surface area (Å²) in [6.07, 6.45) is 1.33. The van der Waals surface area contributed by atoms with Crippen molar-refractivity contribution in [3.8, 4) is 0 Å². The van der Waals surface area contributed by atoms with Crippen molar-refractivity contribution in [2.45, 2.75) is 6.54 Å². The van der Waals surface area contributed by atoms with Crippen LogP contribution in [0.4, 0.5) is 35.0 Å². The number of nitrogens with one attached hydrogen (secondary N) is 2. The van der Waals surface area contributed by atoms with Crippen LogP contribution < -0.4 is 10.6 Å². The van der Waals surface area contributed by atoms with Crippen molar-refractivity contribution < 1.29 is 17.6 Å². The molecule has 0 spiro atoms. The maximum atomic E-state index is 13.7. The van der Waals surface area contributed by atoms with Crippen LogP contribution in [0.25, 0.3) is 0 Å². The van der Waals surface area contributed by atoms with E-state index >= 15 is 0 Å². The number of rotatable bonds is 5. The van der Waals surface area contributed by atoms with Crippen LogP contribution in [-0.2, 0) is 6.54 Å². The average molecular weight is 349 g/mol. The van der Waals surface area contributed by atoms with Crippen LogP contribution in [0, 0.1) is 23.3 Å². The molecule has 0 fully saturated rings. The van der Waals surface area contributed by atoms with Gasteiger partial charge in [-0.2, -0.15) is 10.1 Å². The lowest BCUT2D eigenvalue weighted by Gasteiger charge is -2.09. The Morgan fingerprint density at radius 2 is 1.64 bits per heavy atom. The molecule has 0 radical (unpaired) electrons. The maximum absolute atomic E-state index is 13.7. The van der Waals surface area contributed by atoms with Crippen molar-refractivity contribution >= 4 is 17.5 Å². The molecule has 0 bridgehead atoms. The molecule has 0 saturated heterocycles. The molecular weight excluding hydrogens is 338 g/mol. The molecule has 0 saturated carbocycles. The van der Waals surface area contributed by atoms with Crippen molar-refractivity contribution in [3.63, 3.8) is 0 Å². The summed E-state index contributed by atoms with van der Waals surface area (Å²) in [7, 11) is 0. The zero-order valence-corrected chi connectivity index (χ0v) is 12.6. The fourth-order valence-corrected chi connectivity index (χ4v) is 1.98. The van der Waals surface area contributed by atoms with Gasteiger partial charge in [0, 0.05) is 6.54 Å². The highest BCUT2D eigenvalue weighted by Gasteiger charge is 2.14. The smallest absolute Gasteiger partial charge is 0.249 e. The first-order valence-electron chi connectivity index (χ1n) is 7.11. The fourth-order valence-electron chi connectivity index (χ4n) is 1.98. The molecule has 3 aromatic rings. The quantitative estimate of drug-likeness (QED) is 0.542. The van der Waals surface area contributed by atoms with E-state index in [9.17, 15) is 17.6 Å². The van der Waals surface area contributed by atoms with Gasteiger partial charge in [0.1, 0.15) is 5.82 Å². The lowest BCUT2D eigenvalue weighted by atomic mass is 10.2. The van der Waals surface area contributed by atoms with Crippen molar-refractivity contribution in [2.24, 2.45) is 0 Å². The van der Waals surface area contributed by atoms with Gasteiger partial charge in [0.2, 0.25) is 5.95 Å². The molecule has 2 N–H and O–H groups in total. The summed E-state index contributed by atoms with van der Waals surface area (Å²) in [6.45, 7) is 0.345. The molecule has 128 valence electrons. The van der Waals surface area contributed by atoms with Gasteiger partial charge in [-0.15, -0.1) is 5.10 Å². The number of hydrogen-bond acceptors (Lipinski definition) is 5. The molecule has 3 rings (SSSR count). The maximum Gasteiger partial charge on any atom is 0.249 e. The lowest BCUT2D eigenvalue weighted by Crippen LogP contribution is -2.07. The molecule has 1 heterocycles. The molecule has 0 aliphatic heterocycles. The topological polar surface area (TPSA) is 62.7 Å². The largest absolute Gasteiger partial charge is 0.365 e. The Morgan fingerprint density at radius 3 is 2.40 bits per heavy atom. The van der Waals surface area contributed by atoms with Crippen molar-refractivity contribution in [1.82, 2.24) is 15.2 Å². The minimum Gasteiger partial charge on any atom is -0.365 e. The summed E-state index contributed by atoms with van der Waals surface area (Å²) in [5.74, 6) is -4.40. The molecule has 2 aromatic carbocycles. The van der Waals surface area contributed by atoms with Crippen LogP contribution in [0.15, 0.2) is 42.6 Å². The second-order valence-corrected chi connectivity index (χ2v) is 4.99. The highest BCUT2D eigenvalue weighted by molar-refractivity contribution is 5.55. The standard InChI is InChI=1S/C16H11F4N5/c17-10-3-1-9(2-4-10)7-21-13-8-22-25-16(24-13)23-12-6-5-11(18)14(19)15(12)20/h1-6,8H,7H2,(H2,21,23,24,25). The summed E-state index contributed by atoms with van der Waals surface area (Å²) >= 11 is 0. The van der Waals surface area contributed by atoms with Crippen molar-refractivity contribution in [2.75, 3.05) is 10.6 Å². The summed E-state index contributed by atoms with van der Waals surface area (Å²) in [4.78, 5) is 4.04. The van der Waals surface area contributed by atoms with Crippen LogP contribution in [0.1, 0.15) is 5.56 Å². The summed E-state index contributed by atoms with van der Waals surface area (Å²) in [5.41, 5.74) is 0.484. The van der Waals surface area contributed by atoms with E-state index < -0.39 is 17.5 Å². The Kier molecular flexibility index (Phi) is 4.73. The third-order valence-electron chi connectivity index (χ3n) is 3.23. The van der Waals surface area contributed by atoms with Crippen LogP contribution in [0.2, 0.25) is 0 Å². The molecule has 1 aromatic heterocycles. The van der Waals surface area contributed by atoms with Gasteiger partial charge in [-0.05, 0) is 29.8 Å². The van der Waals surface area contributed by atoms with Gasteiger partial charge in [0.25, 0.3) is 0 Å². The third-order valence-corrected chi connectivity index (χ3v) is 3.23. The zero-order chi connectivity index (χ0) is 17.8. The van der Waals surface area contributed by atoms with Gasteiger partial charge in [-0.25, -0.2) is 17.6 Å². The van der Waals surface area contributed by atoms with Gasteiger partial charge < -0.3 is 10.6 Å². The molecule has 5 nitrogen and oxygen atoms in total. The minimum absolute atomic E-state index is 0.103. The Morgan fingerprint density at radius 1 is 0.880 bits per heavy atom. The number of aromatic nitrogens is 3. The first kappa shape index (κ1) is 16.6. The van der Waals surface area contributed by atoms with Gasteiger partial charge in [-0.3, -0.25) is 0 Å². The van der Waals surface area contributed by atoms with Crippen LogP contribution >= 0.6 is 0 Å². The normalized spacial score (nSPS) is 10.6. The monoisotopic (exact) mass is 349 g/mol. The zero-order valence-electron chi connectivity index (χ0n) is 12.6. The first-order chi connectivity index (χ1) is 12.0. The van der Waals surface area contributed by atoms with Gasteiger partial charge in [-0.1, -0.05) is 12.1 Å². The molecule has 0 unspecified atom stereocenters. The molecule has 25 heavy (non-hydrogen) atoms. The van der Waals surface area contributed by atoms with Gasteiger partial charge in [0.15, 0.2) is 23.3 Å². The van der Waals surface area contributed by atoms with E-state index in [0.29, 0.717) is 12.4 Å². The second-order valence-electron chi connectivity index (χ2n) is 4.99. The fraction of sp³-hybridized carbons (Fsp3) is 0.0625. The Hall–Kier alpha value is -3.23. The lowest BCUT2D eigenvalue weighted by molar-refractivity contribution is 0.449. The number of nitrogens with zero attached hydrogens (tertiary/aromatic N) is 3. The Labute approximate surface area is 139 Å². The first-order valence-corrected chi connectivity index (χ1v) is 7.11. The highest BCUT2D eigenvalue weighted by atomic mass is 19.2. The summed E-state index contributed by atoms with van der Waals surface area (Å²) in [6, 6.07) is 7.67. The van der Waals surface area contributed by atoms with Gasteiger partial charge >= 0.3 is 0 Å². The Balaban J connectivity index is 1.71. The Bertz CT molecular complexity index is 886. The predicted molar refractivity (Wildman–Crippen MR) is 83.2 cm³/mol. The van der Waals surface area contributed by atoms with Crippen LogP contribution in [0.5, 0.6) is 0 Å². The van der Waals surface area contributed by atoms with E-state index in [4.69, 9.17) is 0 Å². The molecular formula is C16H11F4N5. The molecule has 0 atom stereocenters. The van der Waals surface area contributed by atoms with E-state index in [-0.39, 0.29) is 17.5 Å². The molecule has 9 heteroatoms. The van der Waals surface area contributed by atoms with Crippen LogP contribution in [0.3, 0.4) is 0 Å². The summed E-state index contributed by atoms with van der Waals surface area (Å²) < 4.78 is 52.7. The van der Waals surface area contributed by atoms with E-state index in [0.717, 1.165) is 17.7 Å². The number of halogens is 4. The SMILES string of the molecule is Fc1ccc(CNc2cnnc(Nc3ccc(F)c(F)c3F)n2)cc1. The predicted octanol–water partition coefficient (Wildman–Crippen LogP) is 3.78. The molecule has 0 amide bonds. The number of benzene rings is 2. The third kappa shape index (κ3) is 4.00. The van der Waals surface area contributed by atoms with Crippen molar-refractivity contribution in [1.29, 1.82) is 0 Å². The van der Waals surface area contributed by atoms with E-state index in [2.05, 4.69) is 25.8 Å². The van der Waals surface area contributed by atoms with E-state index in [1.54, 1.807) is 12.1 Å². The highest BCUT2D eigenvalue weighted by Crippen LogP contribution is 2.22. The number of hydrogen-bond donors (Lipinski definition) is 2. The van der Waals surface area contributed by atoms with E-state index in [1.165, 1.54) is 18.3 Å². The van der Waals surface area contributed by atoms with Crippen molar-refractivity contribution in [3.05, 3.63) is 71.4 Å².